The number of esters is 1. The van der Waals surface area contributed by atoms with Gasteiger partial charge in [0.2, 0.25) is 10.0 Å². The number of hydrogen-bond donors (Lipinski definition) is 0. The van der Waals surface area contributed by atoms with E-state index in [-0.39, 0.29) is 24.2 Å². The molecule has 0 aromatic carbocycles. The smallest absolute Gasteiger partial charge is 0.305 e. The van der Waals surface area contributed by atoms with Gasteiger partial charge in [0.15, 0.2) is 0 Å². The molecule has 0 aliphatic rings. The summed E-state index contributed by atoms with van der Waals surface area (Å²) < 4.78 is 29.9. The van der Waals surface area contributed by atoms with Crippen molar-refractivity contribution in [2.45, 2.75) is 46.1 Å². The Labute approximate surface area is 111 Å². The second-order valence-corrected chi connectivity index (χ2v) is 7.14. The molecule has 18 heavy (non-hydrogen) atoms. The number of carbonyl (C=O) groups excluding carboxylic acids is 1. The van der Waals surface area contributed by atoms with Crippen molar-refractivity contribution in [1.82, 2.24) is 4.31 Å². The molecule has 1 unspecified atom stereocenters. The fourth-order valence-electron chi connectivity index (χ4n) is 1.75. The molecule has 0 rings (SSSR count). The van der Waals surface area contributed by atoms with Gasteiger partial charge in [0.1, 0.15) is 0 Å². The molecule has 0 spiro atoms. The van der Waals surface area contributed by atoms with Crippen LogP contribution in [0.1, 0.15) is 40.0 Å². The molecule has 0 saturated carbocycles. The van der Waals surface area contributed by atoms with Gasteiger partial charge in [-0.1, -0.05) is 13.8 Å². The van der Waals surface area contributed by atoms with Gasteiger partial charge in [0.05, 0.1) is 12.9 Å². The Morgan fingerprint density at radius 1 is 1.28 bits per heavy atom. The molecule has 0 aliphatic heterocycles. The second-order valence-electron chi connectivity index (χ2n) is 4.99. The van der Waals surface area contributed by atoms with Gasteiger partial charge in [-0.25, -0.2) is 12.7 Å². The molecule has 0 aromatic heterocycles. The Morgan fingerprint density at radius 3 is 2.28 bits per heavy atom. The van der Waals surface area contributed by atoms with Crippen molar-refractivity contribution in [2.75, 3.05) is 19.9 Å². The summed E-state index contributed by atoms with van der Waals surface area (Å²) in [5, 5.41) is 0. The number of carbonyl (C=O) groups is 1. The first-order valence-electron chi connectivity index (χ1n) is 6.23. The molecule has 0 N–H and O–H groups in total. The molecule has 0 radical (unpaired) electrons. The van der Waals surface area contributed by atoms with E-state index in [4.69, 9.17) is 0 Å². The van der Waals surface area contributed by atoms with Crippen LogP contribution < -0.4 is 0 Å². The van der Waals surface area contributed by atoms with E-state index in [1.807, 2.05) is 6.92 Å². The Hall–Kier alpha value is -0.620. The van der Waals surface area contributed by atoms with Crippen LogP contribution in [0.5, 0.6) is 0 Å². The summed E-state index contributed by atoms with van der Waals surface area (Å²) in [5.74, 6) is 0.0666. The third kappa shape index (κ3) is 6.35. The van der Waals surface area contributed by atoms with E-state index >= 15 is 0 Å². The quantitative estimate of drug-likeness (QED) is 0.634. The fraction of sp³-hybridized carbons (Fsp3) is 0.917. The number of nitrogens with zero attached hydrogens (tertiary/aromatic N) is 1. The number of hydrogen-bond acceptors (Lipinski definition) is 4. The molecule has 0 fully saturated rings. The van der Waals surface area contributed by atoms with Crippen LogP contribution in [0.4, 0.5) is 0 Å². The van der Waals surface area contributed by atoms with E-state index in [1.54, 1.807) is 7.05 Å². The Bertz CT molecular complexity index is 351. The second kappa shape index (κ2) is 7.74. The highest BCUT2D eigenvalue weighted by atomic mass is 32.2. The lowest BCUT2D eigenvalue weighted by molar-refractivity contribution is -0.140. The minimum Gasteiger partial charge on any atom is -0.469 e. The Kier molecular flexibility index (Phi) is 7.47. The van der Waals surface area contributed by atoms with Gasteiger partial charge >= 0.3 is 5.97 Å². The summed E-state index contributed by atoms with van der Waals surface area (Å²) in [4.78, 5) is 10.9. The van der Waals surface area contributed by atoms with Crippen molar-refractivity contribution >= 4 is 16.0 Å². The molecular formula is C12H25NO4S. The van der Waals surface area contributed by atoms with E-state index in [1.165, 1.54) is 11.4 Å². The van der Waals surface area contributed by atoms with Gasteiger partial charge < -0.3 is 4.74 Å². The molecule has 0 bridgehead atoms. The maximum absolute atomic E-state index is 12.0. The number of rotatable bonds is 8. The van der Waals surface area contributed by atoms with Gasteiger partial charge in [-0.2, -0.15) is 0 Å². The molecule has 0 amide bonds. The van der Waals surface area contributed by atoms with Crippen molar-refractivity contribution in [1.29, 1.82) is 0 Å². The lowest BCUT2D eigenvalue weighted by Gasteiger charge is -2.25. The maximum Gasteiger partial charge on any atom is 0.305 e. The summed E-state index contributed by atoms with van der Waals surface area (Å²) in [6, 6.07) is -0.0203. The largest absolute Gasteiger partial charge is 0.469 e. The number of sulfonamides is 1. The SMILES string of the molecule is COC(=O)CCCS(=O)(=O)N(C)C(C)CC(C)C. The van der Waals surface area contributed by atoms with Crippen molar-refractivity contribution in [3.63, 3.8) is 0 Å². The zero-order valence-corrected chi connectivity index (χ0v) is 12.8. The van der Waals surface area contributed by atoms with E-state index < -0.39 is 10.0 Å². The number of ether oxygens (including phenoxy) is 1. The molecule has 1 atom stereocenters. The summed E-state index contributed by atoms with van der Waals surface area (Å²) in [6.45, 7) is 6.03. The van der Waals surface area contributed by atoms with Gasteiger partial charge in [0.25, 0.3) is 0 Å². The molecule has 108 valence electrons. The van der Waals surface area contributed by atoms with Crippen molar-refractivity contribution < 1.29 is 17.9 Å². The number of methoxy groups -OCH3 is 1. The summed E-state index contributed by atoms with van der Waals surface area (Å²) in [6.07, 6.45) is 1.27. The third-order valence-electron chi connectivity index (χ3n) is 2.88. The van der Waals surface area contributed by atoms with Crippen LogP contribution in [0, 0.1) is 5.92 Å². The lowest BCUT2D eigenvalue weighted by Crippen LogP contribution is -2.37. The molecule has 0 aromatic rings. The van der Waals surface area contributed by atoms with E-state index in [2.05, 4.69) is 18.6 Å². The van der Waals surface area contributed by atoms with Crippen LogP contribution >= 0.6 is 0 Å². The van der Waals surface area contributed by atoms with Crippen LogP contribution in [0.25, 0.3) is 0 Å². The van der Waals surface area contributed by atoms with Crippen molar-refractivity contribution in [3.05, 3.63) is 0 Å². The first kappa shape index (κ1) is 17.4. The van der Waals surface area contributed by atoms with Crippen LogP contribution in [0.15, 0.2) is 0 Å². The average Bonchev–Trinajstić information content (AvgIpc) is 2.26. The normalized spacial score (nSPS) is 13.9. The van der Waals surface area contributed by atoms with Crippen LogP contribution in [0.2, 0.25) is 0 Å². The van der Waals surface area contributed by atoms with Gasteiger partial charge in [0, 0.05) is 19.5 Å². The van der Waals surface area contributed by atoms with E-state index in [0.29, 0.717) is 12.3 Å². The zero-order valence-electron chi connectivity index (χ0n) is 12.0. The highest BCUT2D eigenvalue weighted by Crippen LogP contribution is 2.14. The fourth-order valence-corrected chi connectivity index (χ4v) is 3.18. The van der Waals surface area contributed by atoms with E-state index in [9.17, 15) is 13.2 Å². The van der Waals surface area contributed by atoms with Crippen LogP contribution in [-0.4, -0.2) is 44.6 Å². The molecule has 0 aliphatic carbocycles. The van der Waals surface area contributed by atoms with E-state index in [0.717, 1.165) is 6.42 Å². The molecule has 6 heteroatoms. The summed E-state index contributed by atoms with van der Waals surface area (Å²) in [7, 11) is -0.386. The minimum absolute atomic E-state index is 0.0129. The van der Waals surface area contributed by atoms with Gasteiger partial charge in [-0.15, -0.1) is 0 Å². The standard InChI is InChI=1S/C12H25NO4S/c1-10(2)9-11(3)13(4)18(15,16)8-6-7-12(14)17-5/h10-11H,6-9H2,1-5H3. The Balaban J connectivity index is 4.31. The summed E-state index contributed by atoms with van der Waals surface area (Å²) >= 11 is 0. The van der Waals surface area contributed by atoms with Crippen LogP contribution in [-0.2, 0) is 19.6 Å². The first-order chi connectivity index (χ1) is 8.20. The molecular weight excluding hydrogens is 254 g/mol. The van der Waals surface area contributed by atoms with Crippen LogP contribution in [0.3, 0.4) is 0 Å². The monoisotopic (exact) mass is 279 g/mol. The molecule has 0 saturated heterocycles. The highest BCUT2D eigenvalue weighted by molar-refractivity contribution is 7.89. The highest BCUT2D eigenvalue weighted by Gasteiger charge is 2.23. The molecule has 5 nitrogen and oxygen atoms in total. The average molecular weight is 279 g/mol. The molecule has 0 heterocycles. The Morgan fingerprint density at radius 2 is 1.83 bits per heavy atom. The van der Waals surface area contributed by atoms with Crippen molar-refractivity contribution in [3.8, 4) is 0 Å². The zero-order chi connectivity index (χ0) is 14.3. The summed E-state index contributed by atoms with van der Waals surface area (Å²) in [5.41, 5.74) is 0. The van der Waals surface area contributed by atoms with Gasteiger partial charge in [-0.3, -0.25) is 4.79 Å². The predicted molar refractivity (Wildman–Crippen MR) is 71.7 cm³/mol. The topological polar surface area (TPSA) is 63.7 Å². The maximum atomic E-state index is 12.0. The van der Waals surface area contributed by atoms with Crippen molar-refractivity contribution in [2.24, 2.45) is 5.92 Å². The first-order valence-corrected chi connectivity index (χ1v) is 7.84. The minimum atomic E-state index is -3.28. The third-order valence-corrected chi connectivity index (χ3v) is 4.92. The lowest BCUT2D eigenvalue weighted by atomic mass is 10.1. The van der Waals surface area contributed by atoms with Gasteiger partial charge in [-0.05, 0) is 25.7 Å². The predicted octanol–water partition coefficient (Wildman–Crippen LogP) is 1.64.